The monoisotopic (exact) mass is 228 g/mol. The predicted octanol–water partition coefficient (Wildman–Crippen LogP) is 0.749. The van der Waals surface area contributed by atoms with Crippen LogP contribution >= 0.6 is 0 Å². The second-order valence-corrected chi connectivity index (χ2v) is 4.62. The maximum Gasteiger partial charge on any atom is 0.217 e. The van der Waals surface area contributed by atoms with E-state index in [9.17, 15) is 4.79 Å². The molecule has 1 rings (SSSR count). The van der Waals surface area contributed by atoms with Crippen molar-refractivity contribution in [3.63, 3.8) is 0 Å². The third-order valence-electron chi connectivity index (χ3n) is 3.06. The molecule has 1 amide bonds. The van der Waals surface area contributed by atoms with Crippen molar-refractivity contribution in [1.82, 2.24) is 10.2 Å². The van der Waals surface area contributed by atoms with E-state index in [2.05, 4.69) is 10.2 Å². The molecule has 0 radical (unpaired) electrons. The summed E-state index contributed by atoms with van der Waals surface area (Å²) in [7, 11) is 0. The first kappa shape index (κ1) is 13.5. The minimum Gasteiger partial charge on any atom is -0.396 e. The Morgan fingerprint density at radius 2 is 2.12 bits per heavy atom. The van der Waals surface area contributed by atoms with Crippen molar-refractivity contribution in [3.8, 4) is 0 Å². The molecule has 1 fully saturated rings. The number of aliphatic hydroxyl groups excluding tert-OH is 1. The number of rotatable bonds is 7. The summed E-state index contributed by atoms with van der Waals surface area (Å²) < 4.78 is 0. The molecule has 16 heavy (non-hydrogen) atoms. The third kappa shape index (κ3) is 5.47. The zero-order chi connectivity index (χ0) is 11.8. The molecule has 0 aliphatic carbocycles. The number of nitrogens with zero attached hydrogens (tertiary/aromatic N) is 1. The van der Waals surface area contributed by atoms with E-state index in [1.54, 1.807) is 6.92 Å². The van der Waals surface area contributed by atoms with Crippen LogP contribution in [0.4, 0.5) is 0 Å². The Balaban J connectivity index is 2.01. The molecule has 0 saturated carbocycles. The Hall–Kier alpha value is -0.610. The lowest BCUT2D eigenvalue weighted by Gasteiger charge is -2.15. The lowest BCUT2D eigenvalue weighted by atomic mass is 10.2. The van der Waals surface area contributed by atoms with E-state index in [1.165, 1.54) is 12.8 Å². The summed E-state index contributed by atoms with van der Waals surface area (Å²) in [4.78, 5) is 13.3. The molecule has 1 heterocycles. The lowest BCUT2D eigenvalue weighted by molar-refractivity contribution is -0.119. The SMILES string of the molecule is CC(=O)NC1CCN(CCCCCCO)C1. The number of hydrogen-bond donors (Lipinski definition) is 2. The van der Waals surface area contributed by atoms with Crippen molar-refractivity contribution in [2.45, 2.75) is 45.1 Å². The fraction of sp³-hybridized carbons (Fsp3) is 0.917. The molecule has 4 nitrogen and oxygen atoms in total. The van der Waals surface area contributed by atoms with Crippen molar-refractivity contribution in [2.75, 3.05) is 26.2 Å². The van der Waals surface area contributed by atoms with E-state index in [0.717, 1.165) is 38.9 Å². The molecular formula is C12H24N2O2. The molecule has 94 valence electrons. The minimum absolute atomic E-state index is 0.0785. The van der Waals surface area contributed by atoms with Crippen molar-refractivity contribution in [3.05, 3.63) is 0 Å². The Kier molecular flexibility index (Phi) is 6.42. The highest BCUT2D eigenvalue weighted by Crippen LogP contribution is 2.10. The van der Waals surface area contributed by atoms with Gasteiger partial charge >= 0.3 is 0 Å². The number of carbonyl (C=O) groups excluding carboxylic acids is 1. The summed E-state index contributed by atoms with van der Waals surface area (Å²) in [6, 6.07) is 0.356. The second kappa shape index (κ2) is 7.63. The highest BCUT2D eigenvalue weighted by atomic mass is 16.2. The molecule has 0 aromatic heterocycles. The first-order valence-corrected chi connectivity index (χ1v) is 6.32. The Morgan fingerprint density at radius 1 is 1.38 bits per heavy atom. The quantitative estimate of drug-likeness (QED) is 0.632. The van der Waals surface area contributed by atoms with Crippen LogP contribution in [0.1, 0.15) is 39.0 Å². The summed E-state index contributed by atoms with van der Waals surface area (Å²) in [6.07, 6.45) is 5.53. The summed E-state index contributed by atoms with van der Waals surface area (Å²) in [5.74, 6) is 0.0785. The summed E-state index contributed by atoms with van der Waals surface area (Å²) in [5, 5.41) is 11.6. The fourth-order valence-electron chi connectivity index (χ4n) is 2.24. The van der Waals surface area contributed by atoms with Gasteiger partial charge in [0.25, 0.3) is 0 Å². The molecule has 1 atom stereocenters. The average Bonchev–Trinajstić information content (AvgIpc) is 2.64. The summed E-state index contributed by atoms with van der Waals surface area (Å²) in [6.45, 7) is 5.12. The van der Waals surface area contributed by atoms with Gasteiger partial charge in [-0.2, -0.15) is 0 Å². The first-order valence-electron chi connectivity index (χ1n) is 6.32. The molecule has 2 N–H and O–H groups in total. The van der Waals surface area contributed by atoms with E-state index in [4.69, 9.17) is 5.11 Å². The Bertz CT molecular complexity index is 209. The van der Waals surface area contributed by atoms with Gasteiger partial charge in [-0.1, -0.05) is 12.8 Å². The highest BCUT2D eigenvalue weighted by molar-refractivity contribution is 5.73. The van der Waals surface area contributed by atoms with Crippen LogP contribution in [0.2, 0.25) is 0 Å². The van der Waals surface area contributed by atoms with E-state index >= 15 is 0 Å². The molecule has 0 spiro atoms. The number of nitrogens with one attached hydrogen (secondary N) is 1. The minimum atomic E-state index is 0.0785. The van der Waals surface area contributed by atoms with Crippen LogP contribution in [0.15, 0.2) is 0 Å². The van der Waals surface area contributed by atoms with Crippen LogP contribution in [-0.2, 0) is 4.79 Å². The second-order valence-electron chi connectivity index (χ2n) is 4.62. The standard InChI is InChI=1S/C12H24N2O2/c1-11(16)13-12-6-8-14(10-12)7-4-2-3-5-9-15/h12,15H,2-10H2,1H3,(H,13,16). The van der Waals surface area contributed by atoms with Crippen molar-refractivity contribution < 1.29 is 9.90 Å². The Labute approximate surface area is 98.0 Å². The van der Waals surface area contributed by atoms with Gasteiger partial charge in [0.1, 0.15) is 0 Å². The molecule has 1 unspecified atom stereocenters. The molecule has 1 aliphatic heterocycles. The number of aliphatic hydroxyl groups is 1. The van der Waals surface area contributed by atoms with Gasteiger partial charge in [-0.05, 0) is 25.8 Å². The number of amides is 1. The van der Waals surface area contributed by atoms with Gasteiger partial charge in [-0.3, -0.25) is 4.79 Å². The first-order chi connectivity index (χ1) is 7.72. The molecular weight excluding hydrogens is 204 g/mol. The fourth-order valence-corrected chi connectivity index (χ4v) is 2.24. The zero-order valence-electron chi connectivity index (χ0n) is 10.2. The van der Waals surface area contributed by atoms with Crippen LogP contribution in [-0.4, -0.2) is 48.2 Å². The van der Waals surface area contributed by atoms with Crippen LogP contribution in [0.3, 0.4) is 0 Å². The number of unbranched alkanes of at least 4 members (excludes halogenated alkanes) is 3. The van der Waals surface area contributed by atoms with Crippen LogP contribution < -0.4 is 5.32 Å². The number of hydrogen-bond acceptors (Lipinski definition) is 3. The molecule has 0 aromatic rings. The lowest BCUT2D eigenvalue weighted by Crippen LogP contribution is -2.35. The van der Waals surface area contributed by atoms with Gasteiger partial charge < -0.3 is 15.3 Å². The van der Waals surface area contributed by atoms with E-state index in [0.29, 0.717) is 12.6 Å². The van der Waals surface area contributed by atoms with Crippen molar-refractivity contribution in [2.24, 2.45) is 0 Å². The van der Waals surface area contributed by atoms with E-state index < -0.39 is 0 Å². The molecule has 0 aromatic carbocycles. The summed E-state index contributed by atoms with van der Waals surface area (Å²) in [5.41, 5.74) is 0. The number of carbonyl (C=O) groups is 1. The van der Waals surface area contributed by atoms with Crippen LogP contribution in [0.25, 0.3) is 0 Å². The molecule has 1 aliphatic rings. The topological polar surface area (TPSA) is 52.6 Å². The van der Waals surface area contributed by atoms with E-state index in [1.807, 2.05) is 0 Å². The van der Waals surface area contributed by atoms with Crippen LogP contribution in [0, 0.1) is 0 Å². The molecule has 4 heteroatoms. The van der Waals surface area contributed by atoms with E-state index in [-0.39, 0.29) is 5.91 Å². The van der Waals surface area contributed by atoms with Crippen LogP contribution in [0.5, 0.6) is 0 Å². The molecule has 1 saturated heterocycles. The summed E-state index contributed by atoms with van der Waals surface area (Å²) >= 11 is 0. The smallest absolute Gasteiger partial charge is 0.217 e. The Morgan fingerprint density at radius 3 is 2.81 bits per heavy atom. The largest absolute Gasteiger partial charge is 0.396 e. The van der Waals surface area contributed by atoms with Gasteiger partial charge in [-0.25, -0.2) is 0 Å². The maximum atomic E-state index is 10.9. The normalized spacial score (nSPS) is 21.2. The predicted molar refractivity (Wildman–Crippen MR) is 64.2 cm³/mol. The van der Waals surface area contributed by atoms with Crippen molar-refractivity contribution >= 4 is 5.91 Å². The third-order valence-corrected chi connectivity index (χ3v) is 3.06. The van der Waals surface area contributed by atoms with Gasteiger partial charge in [0.05, 0.1) is 0 Å². The van der Waals surface area contributed by atoms with Gasteiger partial charge in [0, 0.05) is 32.7 Å². The van der Waals surface area contributed by atoms with Gasteiger partial charge in [-0.15, -0.1) is 0 Å². The maximum absolute atomic E-state index is 10.9. The van der Waals surface area contributed by atoms with Gasteiger partial charge in [0.2, 0.25) is 5.91 Å². The molecule has 0 bridgehead atoms. The number of likely N-dealkylation sites (tertiary alicyclic amines) is 1. The highest BCUT2D eigenvalue weighted by Gasteiger charge is 2.21. The zero-order valence-corrected chi connectivity index (χ0v) is 10.2. The average molecular weight is 228 g/mol. The van der Waals surface area contributed by atoms with Gasteiger partial charge in [0.15, 0.2) is 0 Å². The van der Waals surface area contributed by atoms with Crippen molar-refractivity contribution in [1.29, 1.82) is 0 Å².